The van der Waals surface area contributed by atoms with E-state index >= 15 is 0 Å². The highest BCUT2D eigenvalue weighted by atomic mass is 16.3. The Morgan fingerprint density at radius 1 is 1.35 bits per heavy atom. The van der Waals surface area contributed by atoms with Crippen LogP contribution >= 0.6 is 0 Å². The number of primary amides is 1. The molecule has 146 valence electrons. The molecule has 1 heterocycles. The lowest BCUT2D eigenvalue weighted by atomic mass is 9.97. The van der Waals surface area contributed by atoms with Crippen LogP contribution < -0.4 is 11.1 Å². The highest BCUT2D eigenvalue weighted by Gasteiger charge is 2.21. The summed E-state index contributed by atoms with van der Waals surface area (Å²) < 4.78 is 1.59. The Morgan fingerprint density at radius 2 is 2.04 bits per heavy atom. The Kier molecular flexibility index (Phi) is 8.37. The Hall–Kier alpha value is -2.29. The van der Waals surface area contributed by atoms with Crippen molar-refractivity contribution in [2.45, 2.75) is 58.4 Å². The van der Waals surface area contributed by atoms with E-state index in [1.54, 1.807) is 10.9 Å². The first-order chi connectivity index (χ1) is 12.2. The predicted octanol–water partition coefficient (Wildman–Crippen LogP) is -0.0849. The third-order valence-electron chi connectivity index (χ3n) is 4.23. The minimum absolute atomic E-state index is 0.0590. The Bertz CT molecular complexity index is 612. The van der Waals surface area contributed by atoms with E-state index in [1.807, 2.05) is 13.8 Å². The number of aliphatic hydroxyl groups excluding tert-OH is 1. The number of nitrogens with two attached hydrogens (primary N) is 1. The summed E-state index contributed by atoms with van der Waals surface area (Å²) in [5.41, 5.74) is 5.33. The van der Waals surface area contributed by atoms with Crippen LogP contribution in [0.4, 0.5) is 0 Å². The van der Waals surface area contributed by atoms with Crippen molar-refractivity contribution in [2.24, 2.45) is 11.7 Å². The second-order valence-electron chi connectivity index (χ2n) is 7.04. The van der Waals surface area contributed by atoms with Crippen LogP contribution in [0.5, 0.6) is 0 Å². The fourth-order valence-electron chi connectivity index (χ4n) is 2.36. The molecule has 0 fully saturated rings. The fourth-order valence-corrected chi connectivity index (χ4v) is 2.36. The monoisotopic (exact) mass is 367 g/mol. The van der Waals surface area contributed by atoms with Gasteiger partial charge in [0.25, 0.3) is 0 Å². The molecule has 2 amide bonds. The highest BCUT2D eigenvalue weighted by molar-refractivity contribution is 5.99. The minimum Gasteiger partial charge on any atom is -0.394 e. The van der Waals surface area contributed by atoms with Gasteiger partial charge in [-0.15, -0.1) is 5.10 Å². The molecule has 0 saturated carbocycles. The molecular formula is C17H29N5O4. The molecule has 0 saturated heterocycles. The van der Waals surface area contributed by atoms with E-state index in [4.69, 9.17) is 5.73 Å². The number of nitrogens with zero attached hydrogens (tertiary/aromatic N) is 3. The number of rotatable bonds is 12. The van der Waals surface area contributed by atoms with Crippen LogP contribution in [0.2, 0.25) is 0 Å². The van der Waals surface area contributed by atoms with Crippen molar-refractivity contribution in [1.29, 1.82) is 0 Å². The largest absolute Gasteiger partial charge is 0.394 e. The third kappa shape index (κ3) is 6.91. The average Bonchev–Trinajstić information content (AvgIpc) is 3.05. The van der Waals surface area contributed by atoms with Crippen molar-refractivity contribution >= 4 is 17.6 Å². The summed E-state index contributed by atoms with van der Waals surface area (Å²) in [4.78, 5) is 34.2. The lowest BCUT2D eigenvalue weighted by Crippen LogP contribution is -2.31. The summed E-state index contributed by atoms with van der Waals surface area (Å²) in [5, 5.41) is 20.1. The van der Waals surface area contributed by atoms with Crippen LogP contribution in [-0.2, 0) is 26.3 Å². The number of hydrogen-bond acceptors (Lipinski definition) is 6. The van der Waals surface area contributed by atoms with E-state index in [0.29, 0.717) is 37.9 Å². The van der Waals surface area contributed by atoms with Gasteiger partial charge in [0.15, 0.2) is 0 Å². The number of carbonyl (C=O) groups is 3. The second-order valence-corrected chi connectivity index (χ2v) is 7.04. The number of nitrogens with one attached hydrogen (secondary N) is 1. The Balaban J connectivity index is 2.25. The normalized spacial score (nSPS) is 12.6. The van der Waals surface area contributed by atoms with Gasteiger partial charge in [-0.05, 0) is 33.6 Å². The van der Waals surface area contributed by atoms with Crippen LogP contribution in [0.1, 0.15) is 52.1 Å². The van der Waals surface area contributed by atoms with E-state index < -0.39 is 17.4 Å². The smallest absolute Gasteiger partial charge is 0.227 e. The zero-order chi connectivity index (χ0) is 19.7. The van der Waals surface area contributed by atoms with Gasteiger partial charge in [0.1, 0.15) is 5.78 Å². The molecule has 0 aliphatic heterocycles. The summed E-state index contributed by atoms with van der Waals surface area (Å²) in [6.45, 7) is 5.46. The summed E-state index contributed by atoms with van der Waals surface area (Å²) >= 11 is 0. The van der Waals surface area contributed by atoms with E-state index in [1.165, 1.54) is 6.92 Å². The molecule has 1 rings (SSSR count). The van der Waals surface area contributed by atoms with Crippen LogP contribution in [0, 0.1) is 5.92 Å². The van der Waals surface area contributed by atoms with Gasteiger partial charge in [-0.2, -0.15) is 0 Å². The standard InChI is InChI=1S/C17H29N5O4/c1-12(24)14(16(18)26)6-4-5-9-19-15(25)8-7-13-10-22(21-20-13)17(2,3)11-23/h10,14,23H,4-9,11H2,1-3H3,(H2,18,26)(H,19,25). The Morgan fingerprint density at radius 3 is 2.62 bits per heavy atom. The van der Waals surface area contributed by atoms with E-state index in [9.17, 15) is 19.5 Å². The SMILES string of the molecule is CC(=O)C(CCCCNC(=O)CCc1cn(C(C)(C)CO)nn1)C(N)=O. The van der Waals surface area contributed by atoms with Crippen molar-refractivity contribution in [1.82, 2.24) is 20.3 Å². The summed E-state index contributed by atoms with van der Waals surface area (Å²) in [6.07, 6.45) is 4.19. The molecule has 1 atom stereocenters. The number of aromatic nitrogens is 3. The van der Waals surface area contributed by atoms with Gasteiger partial charge < -0.3 is 16.2 Å². The van der Waals surface area contributed by atoms with Crippen molar-refractivity contribution in [3.8, 4) is 0 Å². The van der Waals surface area contributed by atoms with E-state index in [2.05, 4.69) is 15.6 Å². The molecule has 0 aliphatic rings. The molecule has 1 unspecified atom stereocenters. The molecule has 1 aromatic heterocycles. The molecule has 9 heteroatoms. The summed E-state index contributed by atoms with van der Waals surface area (Å²) in [6, 6.07) is 0. The van der Waals surface area contributed by atoms with Crippen LogP contribution in [0.15, 0.2) is 6.20 Å². The van der Waals surface area contributed by atoms with Crippen molar-refractivity contribution in [3.63, 3.8) is 0 Å². The topological polar surface area (TPSA) is 140 Å². The maximum Gasteiger partial charge on any atom is 0.227 e. The lowest BCUT2D eigenvalue weighted by Gasteiger charge is -2.20. The molecule has 0 radical (unpaired) electrons. The summed E-state index contributed by atoms with van der Waals surface area (Å²) in [7, 11) is 0. The molecule has 0 aliphatic carbocycles. The number of amides is 2. The molecule has 4 N–H and O–H groups in total. The molecule has 9 nitrogen and oxygen atoms in total. The van der Waals surface area contributed by atoms with Gasteiger partial charge in [-0.3, -0.25) is 14.4 Å². The van der Waals surface area contributed by atoms with Gasteiger partial charge >= 0.3 is 0 Å². The molecule has 0 aromatic carbocycles. The Labute approximate surface area is 153 Å². The number of Topliss-reactive ketones (excluding diaryl/α,β-unsaturated/α-hetero) is 1. The zero-order valence-electron chi connectivity index (χ0n) is 15.7. The van der Waals surface area contributed by atoms with Gasteiger partial charge in [0, 0.05) is 25.6 Å². The quantitative estimate of drug-likeness (QED) is 0.348. The van der Waals surface area contributed by atoms with Crippen LogP contribution in [-0.4, -0.2) is 50.8 Å². The number of unbranched alkanes of at least 4 members (excludes halogenated alkanes) is 1. The number of ketones is 1. The molecular weight excluding hydrogens is 338 g/mol. The first kappa shape index (κ1) is 21.8. The number of aryl methyl sites for hydroxylation is 1. The predicted molar refractivity (Wildman–Crippen MR) is 95.0 cm³/mol. The maximum atomic E-state index is 11.9. The lowest BCUT2D eigenvalue weighted by molar-refractivity contribution is -0.131. The van der Waals surface area contributed by atoms with Crippen molar-refractivity contribution in [3.05, 3.63) is 11.9 Å². The fraction of sp³-hybridized carbons (Fsp3) is 0.706. The molecule has 0 spiro atoms. The summed E-state index contributed by atoms with van der Waals surface area (Å²) in [5.74, 6) is -1.66. The van der Waals surface area contributed by atoms with Crippen molar-refractivity contribution < 1.29 is 19.5 Å². The zero-order valence-corrected chi connectivity index (χ0v) is 15.7. The van der Waals surface area contributed by atoms with Gasteiger partial charge in [-0.25, -0.2) is 4.68 Å². The minimum atomic E-state index is -0.739. The van der Waals surface area contributed by atoms with Crippen LogP contribution in [0.25, 0.3) is 0 Å². The first-order valence-electron chi connectivity index (χ1n) is 8.76. The van der Waals surface area contributed by atoms with Gasteiger partial charge in [0.2, 0.25) is 11.8 Å². The highest BCUT2D eigenvalue weighted by Crippen LogP contribution is 2.13. The maximum absolute atomic E-state index is 11.9. The van der Waals surface area contributed by atoms with Crippen LogP contribution in [0.3, 0.4) is 0 Å². The molecule has 1 aromatic rings. The van der Waals surface area contributed by atoms with Gasteiger partial charge in [-0.1, -0.05) is 11.6 Å². The van der Waals surface area contributed by atoms with E-state index in [-0.39, 0.29) is 24.7 Å². The number of hydrogen-bond donors (Lipinski definition) is 3. The first-order valence-corrected chi connectivity index (χ1v) is 8.76. The van der Waals surface area contributed by atoms with Crippen molar-refractivity contribution in [2.75, 3.05) is 13.2 Å². The number of carbonyl (C=O) groups excluding carboxylic acids is 3. The molecule has 26 heavy (non-hydrogen) atoms. The molecule has 0 bridgehead atoms. The van der Waals surface area contributed by atoms with E-state index in [0.717, 1.165) is 0 Å². The van der Waals surface area contributed by atoms with Gasteiger partial charge in [0.05, 0.1) is 23.8 Å². The number of aliphatic hydroxyl groups is 1. The average molecular weight is 367 g/mol. The second kappa shape index (κ2) is 10.0. The third-order valence-corrected chi connectivity index (χ3v) is 4.23.